The molecule has 4 N–H and O–H groups in total. The first-order valence-corrected chi connectivity index (χ1v) is 6.55. The molecule has 1 saturated heterocycles. The topological polar surface area (TPSA) is 94.5 Å². The maximum absolute atomic E-state index is 11.3. The zero-order valence-corrected chi connectivity index (χ0v) is 11.1. The Morgan fingerprint density at radius 1 is 1.58 bits per heavy atom. The smallest absolute Gasteiger partial charge is 0.239 e. The molecule has 6 nitrogen and oxygen atoms in total. The van der Waals surface area contributed by atoms with Gasteiger partial charge in [0.25, 0.3) is 0 Å². The lowest BCUT2D eigenvalue weighted by Gasteiger charge is -2.32. The van der Waals surface area contributed by atoms with E-state index < -0.39 is 0 Å². The minimum atomic E-state index is -0.245. The third kappa shape index (κ3) is 3.07. The number of amides is 1. The molecule has 104 valence electrons. The van der Waals surface area contributed by atoms with Gasteiger partial charge in [0.05, 0.1) is 18.2 Å². The molecule has 1 unspecified atom stereocenters. The van der Waals surface area contributed by atoms with Gasteiger partial charge in [0, 0.05) is 13.1 Å². The van der Waals surface area contributed by atoms with Crippen molar-refractivity contribution in [1.29, 1.82) is 0 Å². The van der Waals surface area contributed by atoms with Crippen LogP contribution in [0.1, 0.15) is 19.8 Å². The van der Waals surface area contributed by atoms with Gasteiger partial charge < -0.3 is 21.1 Å². The molecule has 0 aliphatic carbocycles. The van der Waals surface area contributed by atoms with E-state index in [-0.39, 0.29) is 11.8 Å². The zero-order chi connectivity index (χ0) is 13.8. The molecule has 1 aromatic rings. The number of carbonyl (C=O) groups is 1. The van der Waals surface area contributed by atoms with Crippen LogP contribution in [0.2, 0.25) is 0 Å². The maximum Gasteiger partial charge on any atom is 0.239 e. The number of pyridine rings is 1. The van der Waals surface area contributed by atoms with Crippen LogP contribution in [0.5, 0.6) is 5.88 Å². The van der Waals surface area contributed by atoms with E-state index in [1.165, 1.54) is 0 Å². The van der Waals surface area contributed by atoms with Gasteiger partial charge in [0.2, 0.25) is 11.8 Å². The van der Waals surface area contributed by atoms with Crippen molar-refractivity contribution in [2.45, 2.75) is 19.8 Å². The highest BCUT2D eigenvalue weighted by Gasteiger charge is 2.25. The van der Waals surface area contributed by atoms with Gasteiger partial charge in [-0.1, -0.05) is 0 Å². The van der Waals surface area contributed by atoms with Crippen molar-refractivity contribution in [2.24, 2.45) is 11.7 Å². The van der Waals surface area contributed by atoms with Crippen molar-refractivity contribution in [3.8, 4) is 5.88 Å². The maximum atomic E-state index is 11.3. The first-order chi connectivity index (χ1) is 9.11. The Morgan fingerprint density at radius 3 is 3.05 bits per heavy atom. The Bertz CT molecular complexity index is 464. The molecule has 0 spiro atoms. The van der Waals surface area contributed by atoms with Gasteiger partial charge in [-0.2, -0.15) is 4.98 Å². The van der Waals surface area contributed by atoms with Crippen LogP contribution >= 0.6 is 0 Å². The normalized spacial score (nSPS) is 19.2. The number of hydrogen-bond acceptors (Lipinski definition) is 5. The summed E-state index contributed by atoms with van der Waals surface area (Å²) in [6.07, 6.45) is 1.78. The third-order valence-corrected chi connectivity index (χ3v) is 3.30. The fourth-order valence-corrected chi connectivity index (χ4v) is 2.29. The summed E-state index contributed by atoms with van der Waals surface area (Å²) in [6, 6.07) is 3.63. The van der Waals surface area contributed by atoms with Gasteiger partial charge in [-0.05, 0) is 31.9 Å². The van der Waals surface area contributed by atoms with E-state index >= 15 is 0 Å². The Hall–Kier alpha value is -1.98. The molecular formula is C13H20N4O2. The standard InChI is InChI=1S/C13H20N4O2/c1-2-19-13-10(14)5-6-11(16-13)17-7-3-4-9(8-17)12(15)18/h5-6,9H,2-4,7-8,14H2,1H3,(H2,15,18). The number of primary amides is 1. The van der Waals surface area contributed by atoms with Gasteiger partial charge in [-0.3, -0.25) is 4.79 Å². The molecule has 0 radical (unpaired) electrons. The van der Waals surface area contributed by atoms with Crippen LogP contribution in [0, 0.1) is 5.92 Å². The predicted octanol–water partition coefficient (Wildman–Crippen LogP) is 0.764. The number of anilines is 2. The van der Waals surface area contributed by atoms with Gasteiger partial charge >= 0.3 is 0 Å². The average molecular weight is 264 g/mol. The van der Waals surface area contributed by atoms with Crippen LogP contribution in [-0.2, 0) is 4.79 Å². The summed E-state index contributed by atoms with van der Waals surface area (Å²) in [5, 5.41) is 0. The first-order valence-electron chi connectivity index (χ1n) is 6.55. The number of nitrogens with zero attached hydrogens (tertiary/aromatic N) is 2. The lowest BCUT2D eigenvalue weighted by molar-refractivity contribution is -0.122. The highest BCUT2D eigenvalue weighted by Crippen LogP contribution is 2.26. The van der Waals surface area contributed by atoms with Crippen LogP contribution in [0.4, 0.5) is 11.5 Å². The Kier molecular flexibility index (Phi) is 4.09. The molecular weight excluding hydrogens is 244 g/mol. The SMILES string of the molecule is CCOc1nc(N2CCCC(C(N)=O)C2)ccc1N. The molecule has 1 atom stereocenters. The van der Waals surface area contributed by atoms with E-state index in [9.17, 15) is 4.79 Å². The molecule has 0 bridgehead atoms. The summed E-state index contributed by atoms with van der Waals surface area (Å²) < 4.78 is 5.39. The fourth-order valence-electron chi connectivity index (χ4n) is 2.29. The van der Waals surface area contributed by atoms with Crippen LogP contribution < -0.4 is 21.1 Å². The second kappa shape index (κ2) is 5.77. The van der Waals surface area contributed by atoms with Gasteiger partial charge in [0.15, 0.2) is 0 Å². The van der Waals surface area contributed by atoms with Crippen LogP contribution in [0.3, 0.4) is 0 Å². The molecule has 6 heteroatoms. The van der Waals surface area contributed by atoms with Crippen molar-refractivity contribution in [3.05, 3.63) is 12.1 Å². The summed E-state index contributed by atoms with van der Waals surface area (Å²) in [5.74, 6) is 0.874. The zero-order valence-electron chi connectivity index (χ0n) is 11.1. The number of hydrogen-bond donors (Lipinski definition) is 2. The van der Waals surface area contributed by atoms with E-state index in [4.69, 9.17) is 16.2 Å². The van der Waals surface area contributed by atoms with Crippen molar-refractivity contribution < 1.29 is 9.53 Å². The Balaban J connectivity index is 2.16. The molecule has 1 aliphatic heterocycles. The van der Waals surface area contributed by atoms with E-state index in [0.717, 1.165) is 25.2 Å². The first kappa shape index (κ1) is 13.5. The summed E-state index contributed by atoms with van der Waals surface area (Å²) in [4.78, 5) is 17.7. The van der Waals surface area contributed by atoms with Crippen molar-refractivity contribution in [3.63, 3.8) is 0 Å². The fraction of sp³-hybridized carbons (Fsp3) is 0.538. The van der Waals surface area contributed by atoms with Crippen molar-refractivity contribution in [1.82, 2.24) is 4.98 Å². The molecule has 1 amide bonds. The van der Waals surface area contributed by atoms with E-state index in [1.54, 1.807) is 6.07 Å². The van der Waals surface area contributed by atoms with Crippen LogP contribution in [0.15, 0.2) is 12.1 Å². The summed E-state index contributed by atoms with van der Waals surface area (Å²) in [7, 11) is 0. The Morgan fingerprint density at radius 2 is 2.37 bits per heavy atom. The summed E-state index contributed by atoms with van der Waals surface area (Å²) in [6.45, 7) is 3.88. The van der Waals surface area contributed by atoms with E-state index in [1.807, 2.05) is 13.0 Å². The van der Waals surface area contributed by atoms with Gasteiger partial charge in [-0.25, -0.2) is 0 Å². The molecule has 19 heavy (non-hydrogen) atoms. The van der Waals surface area contributed by atoms with Crippen molar-refractivity contribution >= 4 is 17.4 Å². The molecule has 2 rings (SSSR count). The largest absolute Gasteiger partial charge is 0.476 e. The highest BCUT2D eigenvalue weighted by molar-refractivity contribution is 5.77. The number of ether oxygens (including phenoxy) is 1. The molecule has 0 aromatic carbocycles. The number of piperidine rings is 1. The minimum absolute atomic E-state index is 0.108. The molecule has 0 saturated carbocycles. The van der Waals surface area contributed by atoms with Gasteiger partial charge in [-0.15, -0.1) is 0 Å². The van der Waals surface area contributed by atoms with Crippen LogP contribution in [0.25, 0.3) is 0 Å². The summed E-state index contributed by atoms with van der Waals surface area (Å²) in [5.41, 5.74) is 11.7. The number of rotatable bonds is 4. The Labute approximate surface area is 112 Å². The number of carbonyl (C=O) groups excluding carboxylic acids is 1. The monoisotopic (exact) mass is 264 g/mol. The molecule has 2 heterocycles. The van der Waals surface area contributed by atoms with E-state index in [2.05, 4.69) is 9.88 Å². The number of nitrogens with two attached hydrogens (primary N) is 2. The second-order valence-corrected chi connectivity index (χ2v) is 4.68. The molecule has 1 fully saturated rings. The van der Waals surface area contributed by atoms with Crippen molar-refractivity contribution in [2.75, 3.05) is 30.3 Å². The lowest BCUT2D eigenvalue weighted by atomic mass is 9.97. The second-order valence-electron chi connectivity index (χ2n) is 4.68. The molecule has 1 aromatic heterocycles. The van der Waals surface area contributed by atoms with E-state index in [0.29, 0.717) is 24.7 Å². The quantitative estimate of drug-likeness (QED) is 0.837. The minimum Gasteiger partial charge on any atom is -0.476 e. The highest BCUT2D eigenvalue weighted by atomic mass is 16.5. The van der Waals surface area contributed by atoms with Crippen LogP contribution in [-0.4, -0.2) is 30.6 Å². The predicted molar refractivity (Wildman–Crippen MR) is 73.9 cm³/mol. The molecule has 1 aliphatic rings. The number of nitrogen functional groups attached to an aromatic ring is 1. The number of aromatic nitrogens is 1. The third-order valence-electron chi connectivity index (χ3n) is 3.30. The van der Waals surface area contributed by atoms with Gasteiger partial charge in [0.1, 0.15) is 5.82 Å². The lowest BCUT2D eigenvalue weighted by Crippen LogP contribution is -2.41. The summed E-state index contributed by atoms with van der Waals surface area (Å²) >= 11 is 0. The average Bonchev–Trinajstić information content (AvgIpc) is 2.41.